The molecule has 0 saturated carbocycles. The maximum Gasteiger partial charge on any atom is 0.271 e. The van der Waals surface area contributed by atoms with Crippen LogP contribution in [-0.4, -0.2) is 24.0 Å². The predicted molar refractivity (Wildman–Crippen MR) is 104 cm³/mol. The predicted octanol–water partition coefficient (Wildman–Crippen LogP) is 4.35. The molecule has 0 unspecified atom stereocenters. The van der Waals surface area contributed by atoms with Crippen LogP contribution in [-0.2, 0) is 11.2 Å². The van der Waals surface area contributed by atoms with E-state index in [0.717, 1.165) is 41.7 Å². The Morgan fingerprint density at radius 3 is 2.78 bits per heavy atom. The number of hydrogen-bond acceptors (Lipinski definition) is 4. The average Bonchev–Trinajstić information content (AvgIpc) is 3.07. The Bertz CT molecular complexity index is 863. The summed E-state index contributed by atoms with van der Waals surface area (Å²) in [7, 11) is 0. The lowest BCUT2D eigenvalue weighted by molar-refractivity contribution is -0.384. The molecule has 0 N–H and O–H groups in total. The van der Waals surface area contributed by atoms with Crippen molar-refractivity contribution in [2.45, 2.75) is 39.5 Å². The van der Waals surface area contributed by atoms with E-state index in [-0.39, 0.29) is 11.6 Å². The first-order chi connectivity index (χ1) is 13.0. The Morgan fingerprint density at radius 2 is 2.00 bits per heavy atom. The fraction of sp³-hybridized carbons (Fsp3) is 0.381. The highest BCUT2D eigenvalue weighted by molar-refractivity contribution is 5.95. The van der Waals surface area contributed by atoms with Gasteiger partial charge >= 0.3 is 0 Å². The second-order valence-electron chi connectivity index (χ2n) is 6.94. The van der Waals surface area contributed by atoms with Crippen molar-refractivity contribution in [2.75, 3.05) is 18.1 Å². The molecule has 0 bridgehead atoms. The number of aryl methyl sites for hydroxylation is 2. The van der Waals surface area contributed by atoms with Crippen LogP contribution < -0.4 is 9.64 Å². The van der Waals surface area contributed by atoms with Crippen molar-refractivity contribution >= 4 is 17.3 Å². The number of nitro benzene ring substituents is 1. The van der Waals surface area contributed by atoms with Crippen LogP contribution in [0, 0.1) is 24.0 Å². The lowest BCUT2D eigenvalue weighted by Gasteiger charge is -2.17. The van der Waals surface area contributed by atoms with Crippen molar-refractivity contribution in [3.05, 3.63) is 63.2 Å². The first-order valence-electron chi connectivity index (χ1n) is 9.23. The molecule has 0 spiro atoms. The zero-order chi connectivity index (χ0) is 19.4. The summed E-state index contributed by atoms with van der Waals surface area (Å²) in [4.78, 5) is 24.8. The minimum absolute atomic E-state index is 0.0148. The van der Waals surface area contributed by atoms with Gasteiger partial charge in [-0.25, -0.2) is 0 Å². The number of hydrogen-bond donors (Lipinski definition) is 0. The Morgan fingerprint density at radius 1 is 1.19 bits per heavy atom. The average molecular weight is 368 g/mol. The lowest BCUT2D eigenvalue weighted by Crippen LogP contribution is -2.28. The fourth-order valence-corrected chi connectivity index (χ4v) is 3.30. The number of non-ortho nitro benzene ring substituents is 1. The van der Waals surface area contributed by atoms with Gasteiger partial charge in [0.1, 0.15) is 5.75 Å². The lowest BCUT2D eigenvalue weighted by atomic mass is 10.1. The van der Waals surface area contributed by atoms with E-state index < -0.39 is 4.92 Å². The summed E-state index contributed by atoms with van der Waals surface area (Å²) in [5, 5.41) is 11.0. The number of amides is 1. The molecule has 0 fully saturated rings. The van der Waals surface area contributed by atoms with Gasteiger partial charge in [-0.1, -0.05) is 18.2 Å². The molecule has 0 radical (unpaired) electrons. The van der Waals surface area contributed by atoms with Gasteiger partial charge in [-0.2, -0.15) is 0 Å². The van der Waals surface area contributed by atoms with Crippen LogP contribution in [0.3, 0.4) is 0 Å². The second kappa shape index (κ2) is 8.20. The molecule has 6 nitrogen and oxygen atoms in total. The van der Waals surface area contributed by atoms with Gasteiger partial charge in [0.05, 0.1) is 17.2 Å². The highest BCUT2D eigenvalue weighted by Crippen LogP contribution is 2.32. The molecule has 27 heavy (non-hydrogen) atoms. The molecule has 142 valence electrons. The standard InChI is InChI=1S/C21H24N2O4/c1-15-6-7-16(2)20(13-15)27-12-4-3-5-21(24)22-11-10-17-8-9-18(23(25)26)14-19(17)22/h6-9,13-14H,3-5,10-12H2,1-2H3. The van der Waals surface area contributed by atoms with E-state index in [1.165, 1.54) is 12.1 Å². The number of nitro groups is 1. The first kappa shape index (κ1) is 18.9. The quantitative estimate of drug-likeness (QED) is 0.414. The van der Waals surface area contributed by atoms with Crippen LogP contribution in [0.1, 0.15) is 36.0 Å². The molecule has 1 aliphatic rings. The molecule has 0 saturated heterocycles. The third-order valence-corrected chi connectivity index (χ3v) is 4.86. The number of anilines is 1. The van der Waals surface area contributed by atoms with Crippen LogP contribution in [0.5, 0.6) is 5.75 Å². The van der Waals surface area contributed by atoms with E-state index in [2.05, 4.69) is 6.07 Å². The van der Waals surface area contributed by atoms with Crippen LogP contribution in [0.25, 0.3) is 0 Å². The van der Waals surface area contributed by atoms with Crippen molar-refractivity contribution in [1.29, 1.82) is 0 Å². The largest absolute Gasteiger partial charge is 0.493 e. The number of carbonyl (C=O) groups is 1. The van der Waals surface area contributed by atoms with Crippen LogP contribution in [0.15, 0.2) is 36.4 Å². The number of carbonyl (C=O) groups excluding carboxylic acids is 1. The summed E-state index contributed by atoms with van der Waals surface area (Å²) >= 11 is 0. The van der Waals surface area contributed by atoms with Gasteiger partial charge in [0.15, 0.2) is 0 Å². The molecule has 1 heterocycles. The van der Waals surface area contributed by atoms with Crippen LogP contribution in [0.2, 0.25) is 0 Å². The van der Waals surface area contributed by atoms with E-state index in [0.29, 0.717) is 25.3 Å². The van der Waals surface area contributed by atoms with Gasteiger partial charge in [0.2, 0.25) is 5.91 Å². The minimum atomic E-state index is -0.425. The van der Waals surface area contributed by atoms with Gasteiger partial charge in [-0.3, -0.25) is 14.9 Å². The zero-order valence-electron chi connectivity index (χ0n) is 15.7. The molecule has 2 aromatic carbocycles. The number of nitrogens with zero attached hydrogens (tertiary/aromatic N) is 2. The monoisotopic (exact) mass is 368 g/mol. The van der Waals surface area contributed by atoms with E-state index in [1.54, 1.807) is 11.0 Å². The Balaban J connectivity index is 1.49. The molecule has 3 rings (SSSR count). The molecule has 2 aromatic rings. The summed E-state index contributed by atoms with van der Waals surface area (Å²) in [6.45, 7) is 5.21. The van der Waals surface area contributed by atoms with Crippen molar-refractivity contribution in [2.24, 2.45) is 0 Å². The summed E-state index contributed by atoms with van der Waals surface area (Å²) in [5.74, 6) is 0.906. The number of benzene rings is 2. The Labute approximate surface area is 158 Å². The van der Waals surface area contributed by atoms with Crippen molar-refractivity contribution in [1.82, 2.24) is 0 Å². The summed E-state index contributed by atoms with van der Waals surface area (Å²) < 4.78 is 5.82. The summed E-state index contributed by atoms with van der Waals surface area (Å²) in [6, 6.07) is 10.9. The minimum Gasteiger partial charge on any atom is -0.493 e. The fourth-order valence-electron chi connectivity index (χ4n) is 3.30. The third-order valence-electron chi connectivity index (χ3n) is 4.86. The Hall–Kier alpha value is -2.89. The van der Waals surface area contributed by atoms with Crippen molar-refractivity contribution in [3.63, 3.8) is 0 Å². The van der Waals surface area contributed by atoms with E-state index in [4.69, 9.17) is 4.74 Å². The number of rotatable bonds is 7. The maximum absolute atomic E-state index is 12.5. The molecular formula is C21H24N2O4. The molecule has 1 amide bonds. The number of ether oxygens (including phenoxy) is 1. The smallest absolute Gasteiger partial charge is 0.271 e. The van der Waals surface area contributed by atoms with Crippen LogP contribution in [0.4, 0.5) is 11.4 Å². The van der Waals surface area contributed by atoms with Crippen molar-refractivity contribution < 1.29 is 14.5 Å². The maximum atomic E-state index is 12.5. The zero-order valence-corrected chi connectivity index (χ0v) is 15.7. The Kier molecular flexibility index (Phi) is 5.74. The van der Waals surface area contributed by atoms with Gasteiger partial charge < -0.3 is 9.64 Å². The highest BCUT2D eigenvalue weighted by atomic mass is 16.6. The molecule has 0 atom stereocenters. The van der Waals surface area contributed by atoms with Gasteiger partial charge in [-0.15, -0.1) is 0 Å². The molecule has 1 aliphatic heterocycles. The number of fused-ring (bicyclic) bond motifs is 1. The molecule has 6 heteroatoms. The molecule has 0 aromatic heterocycles. The van der Waals surface area contributed by atoms with Crippen LogP contribution >= 0.6 is 0 Å². The highest BCUT2D eigenvalue weighted by Gasteiger charge is 2.26. The summed E-state index contributed by atoms with van der Waals surface area (Å²) in [6.07, 6.45) is 2.67. The molecule has 0 aliphatic carbocycles. The normalized spacial score (nSPS) is 12.7. The van der Waals surface area contributed by atoms with Gasteiger partial charge in [-0.05, 0) is 55.9 Å². The SMILES string of the molecule is Cc1ccc(C)c(OCCCCC(=O)N2CCc3ccc([N+](=O)[O-])cc32)c1. The van der Waals surface area contributed by atoms with Gasteiger partial charge in [0.25, 0.3) is 5.69 Å². The van der Waals surface area contributed by atoms with E-state index in [1.807, 2.05) is 26.0 Å². The first-order valence-corrected chi connectivity index (χ1v) is 9.23. The topological polar surface area (TPSA) is 72.7 Å². The van der Waals surface area contributed by atoms with Gasteiger partial charge in [0, 0.05) is 25.1 Å². The van der Waals surface area contributed by atoms with Crippen molar-refractivity contribution in [3.8, 4) is 5.75 Å². The number of unbranched alkanes of at least 4 members (excludes halogenated alkanes) is 1. The third kappa shape index (κ3) is 4.45. The van der Waals surface area contributed by atoms with E-state index >= 15 is 0 Å². The summed E-state index contributed by atoms with van der Waals surface area (Å²) in [5.41, 5.74) is 3.96. The molecular weight excluding hydrogens is 344 g/mol. The second-order valence-corrected chi connectivity index (χ2v) is 6.94. The van der Waals surface area contributed by atoms with E-state index in [9.17, 15) is 14.9 Å².